The average molecular weight is 281 g/mol. The molecule has 4 heteroatoms. The van der Waals surface area contributed by atoms with Crippen LogP contribution in [0, 0.1) is 6.92 Å². The van der Waals surface area contributed by atoms with E-state index in [9.17, 15) is 0 Å². The van der Waals surface area contributed by atoms with Gasteiger partial charge in [0.2, 0.25) is 5.89 Å². The lowest BCUT2D eigenvalue weighted by Crippen LogP contribution is -2.17. The fourth-order valence-corrected chi connectivity index (χ4v) is 2.38. The van der Waals surface area contributed by atoms with E-state index in [1.807, 2.05) is 18.2 Å². The van der Waals surface area contributed by atoms with Crippen LogP contribution in [0.2, 0.25) is 0 Å². The first-order valence-electron chi connectivity index (χ1n) is 7.00. The molecule has 1 aromatic heterocycles. The zero-order valence-corrected chi connectivity index (χ0v) is 12.3. The van der Waals surface area contributed by atoms with Crippen LogP contribution in [0.1, 0.15) is 17.0 Å². The predicted molar refractivity (Wildman–Crippen MR) is 84.8 cm³/mol. The van der Waals surface area contributed by atoms with Gasteiger partial charge in [-0.05, 0) is 31.7 Å². The Labute approximate surface area is 124 Å². The van der Waals surface area contributed by atoms with Crippen molar-refractivity contribution in [2.45, 2.75) is 20.0 Å². The molecule has 0 bridgehead atoms. The maximum absolute atomic E-state index is 5.90. The molecular formula is C17H19N3O. The number of hydrogen-bond donors (Lipinski definition) is 1. The summed E-state index contributed by atoms with van der Waals surface area (Å²) in [4.78, 5) is 6.65. The molecule has 3 rings (SSSR count). The highest BCUT2D eigenvalue weighted by atomic mass is 16.3. The number of aromatic nitrogens is 1. The third-order valence-electron chi connectivity index (χ3n) is 3.47. The standard InChI is InChI=1S/C17H19N3O/c1-12-6-8-13(9-7-12)10-20(2)11-16-19-17-14(18)4-3-5-15(17)21-16/h3-9H,10-11,18H2,1-2H3. The molecule has 0 radical (unpaired) electrons. The van der Waals surface area contributed by atoms with Gasteiger partial charge >= 0.3 is 0 Å². The van der Waals surface area contributed by atoms with E-state index in [2.05, 4.69) is 48.1 Å². The molecule has 0 spiro atoms. The van der Waals surface area contributed by atoms with Crippen LogP contribution in [0.15, 0.2) is 46.9 Å². The summed E-state index contributed by atoms with van der Waals surface area (Å²) in [5, 5.41) is 0. The third-order valence-corrected chi connectivity index (χ3v) is 3.47. The minimum absolute atomic E-state index is 0.655. The lowest BCUT2D eigenvalue weighted by molar-refractivity contribution is 0.285. The van der Waals surface area contributed by atoms with Crippen LogP contribution in [0.3, 0.4) is 0 Å². The van der Waals surface area contributed by atoms with Gasteiger partial charge in [-0.3, -0.25) is 4.90 Å². The van der Waals surface area contributed by atoms with Crippen molar-refractivity contribution in [3.05, 3.63) is 59.5 Å². The first-order chi connectivity index (χ1) is 10.1. The number of oxazole rings is 1. The van der Waals surface area contributed by atoms with E-state index in [1.54, 1.807) is 0 Å². The number of aryl methyl sites for hydroxylation is 1. The SMILES string of the molecule is Cc1ccc(CN(C)Cc2nc3c(N)cccc3o2)cc1. The first-order valence-corrected chi connectivity index (χ1v) is 7.00. The summed E-state index contributed by atoms with van der Waals surface area (Å²) in [5.74, 6) is 0.692. The average Bonchev–Trinajstić information content (AvgIpc) is 2.85. The topological polar surface area (TPSA) is 55.3 Å². The van der Waals surface area contributed by atoms with Crippen LogP contribution in [-0.2, 0) is 13.1 Å². The van der Waals surface area contributed by atoms with Gasteiger partial charge in [0.25, 0.3) is 0 Å². The van der Waals surface area contributed by atoms with E-state index >= 15 is 0 Å². The van der Waals surface area contributed by atoms with Crippen molar-refractivity contribution >= 4 is 16.8 Å². The summed E-state index contributed by atoms with van der Waals surface area (Å²) in [7, 11) is 2.05. The van der Waals surface area contributed by atoms with Crippen LogP contribution in [0.4, 0.5) is 5.69 Å². The number of fused-ring (bicyclic) bond motifs is 1. The van der Waals surface area contributed by atoms with E-state index in [-0.39, 0.29) is 0 Å². The Morgan fingerprint density at radius 3 is 2.57 bits per heavy atom. The highest BCUT2D eigenvalue weighted by molar-refractivity contribution is 5.85. The van der Waals surface area contributed by atoms with Gasteiger partial charge in [0, 0.05) is 6.54 Å². The van der Waals surface area contributed by atoms with Crippen molar-refractivity contribution in [2.75, 3.05) is 12.8 Å². The van der Waals surface area contributed by atoms with Crippen LogP contribution in [0.5, 0.6) is 0 Å². The molecule has 0 saturated carbocycles. The zero-order chi connectivity index (χ0) is 14.8. The zero-order valence-electron chi connectivity index (χ0n) is 12.3. The smallest absolute Gasteiger partial charge is 0.209 e. The van der Waals surface area contributed by atoms with E-state index in [1.165, 1.54) is 11.1 Å². The van der Waals surface area contributed by atoms with Crippen molar-refractivity contribution in [2.24, 2.45) is 0 Å². The highest BCUT2D eigenvalue weighted by Gasteiger charge is 2.10. The number of para-hydroxylation sites is 1. The predicted octanol–water partition coefficient (Wildman–Crippen LogP) is 3.35. The maximum atomic E-state index is 5.90. The Hall–Kier alpha value is -2.33. The second kappa shape index (κ2) is 5.58. The van der Waals surface area contributed by atoms with Gasteiger partial charge in [-0.2, -0.15) is 0 Å². The molecule has 0 unspecified atom stereocenters. The van der Waals surface area contributed by atoms with E-state index in [4.69, 9.17) is 10.2 Å². The summed E-state index contributed by atoms with van der Waals surface area (Å²) in [5.41, 5.74) is 10.6. The molecule has 21 heavy (non-hydrogen) atoms. The number of nitrogens with zero attached hydrogens (tertiary/aromatic N) is 2. The normalized spacial score (nSPS) is 11.4. The fraction of sp³-hybridized carbons (Fsp3) is 0.235. The Morgan fingerprint density at radius 1 is 1.10 bits per heavy atom. The number of nitrogen functional groups attached to an aromatic ring is 1. The molecule has 2 aromatic carbocycles. The number of nitrogens with two attached hydrogens (primary N) is 1. The Kier molecular flexibility index (Phi) is 3.62. The fourth-order valence-electron chi connectivity index (χ4n) is 2.38. The number of hydrogen-bond acceptors (Lipinski definition) is 4. The Bertz CT molecular complexity index is 746. The van der Waals surface area contributed by atoms with Crippen molar-refractivity contribution in [1.82, 2.24) is 9.88 Å². The summed E-state index contributed by atoms with van der Waals surface area (Å²) >= 11 is 0. The molecule has 3 aromatic rings. The van der Waals surface area contributed by atoms with Gasteiger partial charge < -0.3 is 10.2 Å². The van der Waals surface area contributed by atoms with Crippen LogP contribution in [0.25, 0.3) is 11.1 Å². The van der Waals surface area contributed by atoms with Gasteiger partial charge in [-0.15, -0.1) is 0 Å². The molecule has 0 saturated heterocycles. The molecule has 0 amide bonds. The second-order valence-electron chi connectivity index (χ2n) is 5.46. The maximum Gasteiger partial charge on any atom is 0.209 e. The van der Waals surface area contributed by atoms with Crippen molar-refractivity contribution < 1.29 is 4.42 Å². The molecule has 0 atom stereocenters. The van der Waals surface area contributed by atoms with Gasteiger partial charge in [0.15, 0.2) is 5.58 Å². The monoisotopic (exact) mass is 281 g/mol. The number of anilines is 1. The summed E-state index contributed by atoms with van der Waals surface area (Å²) in [6.45, 7) is 3.60. The van der Waals surface area contributed by atoms with Gasteiger partial charge in [-0.25, -0.2) is 4.98 Å². The lowest BCUT2D eigenvalue weighted by Gasteiger charge is -2.14. The highest BCUT2D eigenvalue weighted by Crippen LogP contribution is 2.21. The van der Waals surface area contributed by atoms with Crippen molar-refractivity contribution in [3.63, 3.8) is 0 Å². The molecule has 108 valence electrons. The molecular weight excluding hydrogens is 262 g/mol. The molecule has 0 fully saturated rings. The van der Waals surface area contributed by atoms with Crippen LogP contribution >= 0.6 is 0 Å². The number of benzene rings is 2. The lowest BCUT2D eigenvalue weighted by atomic mass is 10.1. The second-order valence-corrected chi connectivity index (χ2v) is 5.46. The quantitative estimate of drug-likeness (QED) is 0.745. The first kappa shape index (κ1) is 13.6. The molecule has 0 aliphatic heterocycles. The number of rotatable bonds is 4. The van der Waals surface area contributed by atoms with Gasteiger partial charge in [-0.1, -0.05) is 35.9 Å². The molecule has 1 heterocycles. The van der Waals surface area contributed by atoms with Gasteiger partial charge in [0.05, 0.1) is 12.2 Å². The van der Waals surface area contributed by atoms with Crippen molar-refractivity contribution in [1.29, 1.82) is 0 Å². The third kappa shape index (κ3) is 3.06. The Morgan fingerprint density at radius 2 is 1.86 bits per heavy atom. The summed E-state index contributed by atoms with van der Waals surface area (Å²) in [6.07, 6.45) is 0. The summed E-state index contributed by atoms with van der Waals surface area (Å²) < 4.78 is 5.74. The van der Waals surface area contributed by atoms with Gasteiger partial charge in [0.1, 0.15) is 5.52 Å². The molecule has 0 aliphatic rings. The minimum Gasteiger partial charge on any atom is -0.439 e. The van der Waals surface area contributed by atoms with Crippen LogP contribution in [-0.4, -0.2) is 16.9 Å². The van der Waals surface area contributed by atoms with Crippen LogP contribution < -0.4 is 5.73 Å². The molecule has 2 N–H and O–H groups in total. The van der Waals surface area contributed by atoms with E-state index in [0.29, 0.717) is 18.1 Å². The van der Waals surface area contributed by atoms with Crippen molar-refractivity contribution in [3.8, 4) is 0 Å². The Balaban J connectivity index is 1.72. The van der Waals surface area contributed by atoms with E-state index < -0.39 is 0 Å². The summed E-state index contributed by atoms with van der Waals surface area (Å²) in [6, 6.07) is 14.2. The molecule has 0 aliphatic carbocycles. The minimum atomic E-state index is 0.655. The van der Waals surface area contributed by atoms with E-state index in [0.717, 1.165) is 17.6 Å². The molecule has 4 nitrogen and oxygen atoms in total. The largest absolute Gasteiger partial charge is 0.439 e.